The first-order valence-electron chi connectivity index (χ1n) is 8.38. The molecular formula is C19H16F3N3O3. The molecule has 0 radical (unpaired) electrons. The van der Waals surface area contributed by atoms with E-state index in [1.54, 1.807) is 30.3 Å². The highest BCUT2D eigenvalue weighted by molar-refractivity contribution is 5.77. The van der Waals surface area contributed by atoms with Crippen molar-refractivity contribution in [3.05, 3.63) is 70.8 Å². The molecule has 6 nitrogen and oxygen atoms in total. The summed E-state index contributed by atoms with van der Waals surface area (Å²) in [7, 11) is 0. The maximum atomic E-state index is 12.4. The van der Waals surface area contributed by atoms with E-state index in [1.807, 2.05) is 0 Å². The highest BCUT2D eigenvalue weighted by atomic mass is 19.4. The first-order chi connectivity index (χ1) is 13.3. The van der Waals surface area contributed by atoms with Crippen molar-refractivity contribution in [2.75, 3.05) is 0 Å². The van der Waals surface area contributed by atoms with Crippen LogP contribution in [-0.2, 0) is 17.9 Å². The van der Waals surface area contributed by atoms with Crippen molar-refractivity contribution in [1.29, 1.82) is 0 Å². The second-order valence-corrected chi connectivity index (χ2v) is 5.94. The largest absolute Gasteiger partial charge is 0.573 e. The summed E-state index contributed by atoms with van der Waals surface area (Å²) in [5.41, 5.74) is 0.495. The van der Waals surface area contributed by atoms with Gasteiger partial charge in [-0.3, -0.25) is 14.2 Å². The smallest absolute Gasteiger partial charge is 0.405 e. The highest BCUT2D eigenvalue weighted by Gasteiger charge is 2.31. The number of carbonyl (C=O) groups is 1. The molecule has 2 aromatic carbocycles. The van der Waals surface area contributed by atoms with Gasteiger partial charge in [0.1, 0.15) is 5.75 Å². The number of hydrogen-bond acceptors (Lipinski definition) is 4. The number of aromatic nitrogens is 2. The Morgan fingerprint density at radius 1 is 1.11 bits per heavy atom. The van der Waals surface area contributed by atoms with Gasteiger partial charge in [0.15, 0.2) is 0 Å². The van der Waals surface area contributed by atoms with Crippen LogP contribution >= 0.6 is 0 Å². The van der Waals surface area contributed by atoms with Crippen molar-refractivity contribution in [2.45, 2.75) is 25.9 Å². The molecule has 0 atom stereocenters. The molecule has 0 saturated carbocycles. The van der Waals surface area contributed by atoms with Gasteiger partial charge in [-0.25, -0.2) is 4.98 Å². The zero-order chi connectivity index (χ0) is 20.1. The van der Waals surface area contributed by atoms with E-state index in [9.17, 15) is 22.8 Å². The van der Waals surface area contributed by atoms with E-state index in [1.165, 1.54) is 29.1 Å². The third-order valence-electron chi connectivity index (χ3n) is 3.99. The molecule has 0 spiro atoms. The number of alkyl halides is 3. The molecule has 0 saturated heterocycles. The number of carbonyl (C=O) groups excluding carboxylic acids is 1. The molecule has 0 fully saturated rings. The summed E-state index contributed by atoms with van der Waals surface area (Å²) in [5, 5.41) is 2.98. The molecule has 1 aromatic heterocycles. The first kappa shape index (κ1) is 19.4. The molecule has 0 bridgehead atoms. The molecule has 0 aliphatic rings. The average molecular weight is 391 g/mol. The maximum absolute atomic E-state index is 12.4. The van der Waals surface area contributed by atoms with Crippen molar-refractivity contribution in [2.24, 2.45) is 0 Å². The van der Waals surface area contributed by atoms with Crippen molar-refractivity contribution >= 4 is 16.8 Å². The number of nitrogens with zero attached hydrogens (tertiary/aromatic N) is 2. The van der Waals surface area contributed by atoms with Gasteiger partial charge in [0, 0.05) is 25.1 Å². The van der Waals surface area contributed by atoms with Crippen molar-refractivity contribution in [3.8, 4) is 5.75 Å². The number of rotatable bonds is 6. The van der Waals surface area contributed by atoms with Gasteiger partial charge in [0.2, 0.25) is 5.91 Å². The number of benzene rings is 2. The predicted molar refractivity (Wildman–Crippen MR) is 95.6 cm³/mol. The third-order valence-corrected chi connectivity index (χ3v) is 3.99. The van der Waals surface area contributed by atoms with Gasteiger partial charge >= 0.3 is 6.36 Å². The molecule has 3 rings (SSSR count). The molecule has 3 aromatic rings. The minimum absolute atomic E-state index is 0.0256. The molecule has 1 N–H and O–H groups in total. The zero-order valence-corrected chi connectivity index (χ0v) is 14.6. The van der Waals surface area contributed by atoms with E-state index < -0.39 is 12.3 Å². The second-order valence-electron chi connectivity index (χ2n) is 5.94. The van der Waals surface area contributed by atoms with Crippen LogP contribution in [-0.4, -0.2) is 21.8 Å². The predicted octanol–water partition coefficient (Wildman–Crippen LogP) is 3.00. The summed E-state index contributed by atoms with van der Waals surface area (Å²) in [4.78, 5) is 28.6. The topological polar surface area (TPSA) is 73.2 Å². The highest BCUT2D eigenvalue weighted by Crippen LogP contribution is 2.26. The summed E-state index contributed by atoms with van der Waals surface area (Å²) in [6, 6.07) is 12.4. The van der Waals surface area contributed by atoms with Gasteiger partial charge in [-0.05, 0) is 18.2 Å². The van der Waals surface area contributed by atoms with Gasteiger partial charge in [-0.2, -0.15) is 0 Å². The number of halogens is 3. The quantitative estimate of drug-likeness (QED) is 0.701. The minimum atomic E-state index is -4.82. The lowest BCUT2D eigenvalue weighted by molar-refractivity contribution is -0.274. The van der Waals surface area contributed by atoms with Crippen molar-refractivity contribution < 1.29 is 22.7 Å². The molecule has 0 unspecified atom stereocenters. The molecule has 1 amide bonds. The standard InChI is InChI=1S/C19H16F3N3O3/c20-19(21,22)28-16-8-4-1-5-13(16)11-23-17(26)9-10-25-12-24-15-7-3-2-6-14(15)18(25)27/h1-8,12H,9-11H2,(H,23,26). The number of nitrogens with one attached hydrogen (secondary N) is 1. The molecule has 28 heavy (non-hydrogen) atoms. The first-order valence-corrected chi connectivity index (χ1v) is 8.38. The lowest BCUT2D eigenvalue weighted by Gasteiger charge is -2.13. The number of para-hydroxylation sites is 2. The number of aryl methyl sites for hydroxylation is 1. The van der Waals surface area contributed by atoms with Gasteiger partial charge in [-0.15, -0.1) is 13.2 Å². The van der Waals surface area contributed by atoms with Gasteiger partial charge in [0.25, 0.3) is 5.56 Å². The Morgan fingerprint density at radius 2 is 1.82 bits per heavy atom. The fourth-order valence-corrected chi connectivity index (χ4v) is 2.64. The van der Waals surface area contributed by atoms with Crippen LogP contribution in [0.2, 0.25) is 0 Å². The van der Waals surface area contributed by atoms with Crippen LogP contribution in [0.25, 0.3) is 10.9 Å². The number of hydrogen-bond donors (Lipinski definition) is 1. The average Bonchev–Trinajstić information content (AvgIpc) is 2.66. The molecule has 1 heterocycles. The summed E-state index contributed by atoms with van der Waals surface area (Å²) < 4.78 is 42.6. The Hall–Kier alpha value is -3.36. The normalized spacial score (nSPS) is 11.4. The summed E-state index contributed by atoms with van der Waals surface area (Å²) >= 11 is 0. The fraction of sp³-hybridized carbons (Fsp3) is 0.211. The number of fused-ring (bicyclic) bond motifs is 1. The van der Waals surface area contributed by atoms with Crippen LogP contribution in [0.3, 0.4) is 0 Å². The van der Waals surface area contributed by atoms with Gasteiger partial charge < -0.3 is 10.1 Å². The van der Waals surface area contributed by atoms with Crippen molar-refractivity contribution in [1.82, 2.24) is 14.9 Å². The van der Waals surface area contributed by atoms with Crippen LogP contribution in [0.15, 0.2) is 59.7 Å². The number of amides is 1. The SMILES string of the molecule is O=C(CCn1cnc2ccccc2c1=O)NCc1ccccc1OC(F)(F)F. The monoisotopic (exact) mass is 391 g/mol. The lowest BCUT2D eigenvalue weighted by atomic mass is 10.2. The Kier molecular flexibility index (Phi) is 5.62. The van der Waals surface area contributed by atoms with Crippen LogP contribution in [0.5, 0.6) is 5.75 Å². The number of ether oxygens (including phenoxy) is 1. The van der Waals surface area contributed by atoms with Crippen LogP contribution in [0, 0.1) is 0 Å². The van der Waals surface area contributed by atoms with Crippen LogP contribution in [0.1, 0.15) is 12.0 Å². The Labute approximate surface area is 157 Å². The fourth-order valence-electron chi connectivity index (χ4n) is 2.64. The summed E-state index contributed by atoms with van der Waals surface area (Å²) in [6.07, 6.45) is -3.48. The van der Waals surface area contributed by atoms with Gasteiger partial charge in [0.05, 0.1) is 17.2 Å². The second kappa shape index (κ2) is 8.12. The molecular weight excluding hydrogens is 375 g/mol. The maximum Gasteiger partial charge on any atom is 0.573 e. The van der Waals surface area contributed by atoms with E-state index in [2.05, 4.69) is 15.0 Å². The lowest BCUT2D eigenvalue weighted by Crippen LogP contribution is -2.27. The van der Waals surface area contributed by atoms with E-state index in [0.29, 0.717) is 10.9 Å². The van der Waals surface area contributed by atoms with Crippen molar-refractivity contribution in [3.63, 3.8) is 0 Å². The Bertz CT molecular complexity index is 1050. The Balaban J connectivity index is 1.60. The minimum Gasteiger partial charge on any atom is -0.405 e. The van der Waals surface area contributed by atoms with Crippen LogP contribution < -0.4 is 15.6 Å². The van der Waals surface area contributed by atoms with Crippen LogP contribution in [0.4, 0.5) is 13.2 Å². The third kappa shape index (κ3) is 4.87. The molecule has 0 aliphatic heterocycles. The zero-order valence-electron chi connectivity index (χ0n) is 14.6. The molecule has 9 heteroatoms. The van der Waals surface area contributed by atoms with E-state index in [4.69, 9.17) is 0 Å². The van der Waals surface area contributed by atoms with E-state index >= 15 is 0 Å². The van der Waals surface area contributed by atoms with Gasteiger partial charge in [-0.1, -0.05) is 30.3 Å². The summed E-state index contributed by atoms with van der Waals surface area (Å²) in [5.74, 6) is -0.785. The molecule has 146 valence electrons. The van der Waals surface area contributed by atoms with E-state index in [0.717, 1.165) is 0 Å². The molecule has 0 aliphatic carbocycles. The Morgan fingerprint density at radius 3 is 2.61 bits per heavy atom. The summed E-state index contributed by atoms with van der Waals surface area (Å²) in [6.45, 7) is -0.0286. The van der Waals surface area contributed by atoms with E-state index in [-0.39, 0.29) is 36.4 Å².